The molecule has 0 unspecified atom stereocenters. The Balaban J connectivity index is 2.18. The fraction of sp³-hybridized carbons (Fsp3) is 0.0667. The number of amides is 4. The third-order valence-corrected chi connectivity index (χ3v) is 3.24. The number of carbonyl (C=O) groups is 2. The zero-order chi connectivity index (χ0) is 14.0. The van der Waals surface area contributed by atoms with Gasteiger partial charge in [-0.1, -0.05) is 60.7 Å². The summed E-state index contributed by atoms with van der Waals surface area (Å²) < 4.78 is 0. The zero-order valence-corrected chi connectivity index (χ0v) is 10.6. The van der Waals surface area contributed by atoms with Gasteiger partial charge in [0.1, 0.15) is 0 Å². The molecule has 1 heterocycles. The van der Waals surface area contributed by atoms with Crippen LogP contribution in [0.3, 0.4) is 0 Å². The molecule has 1 fully saturated rings. The monoisotopic (exact) mass is 267 g/mol. The van der Waals surface area contributed by atoms with Crippen molar-refractivity contribution in [3.05, 3.63) is 71.8 Å². The Labute approximate surface area is 116 Å². The van der Waals surface area contributed by atoms with E-state index in [1.807, 2.05) is 60.7 Å². The van der Waals surface area contributed by atoms with E-state index in [1.54, 1.807) is 0 Å². The highest BCUT2D eigenvalue weighted by Gasteiger charge is 2.41. The Kier molecular flexibility index (Phi) is 2.87. The molecular formula is C15H13N3O2. The minimum Gasteiger partial charge on any atom is -0.307 e. The van der Waals surface area contributed by atoms with Gasteiger partial charge in [0.15, 0.2) is 5.66 Å². The highest BCUT2D eigenvalue weighted by Crippen LogP contribution is 2.28. The molecule has 100 valence electrons. The van der Waals surface area contributed by atoms with Crippen molar-refractivity contribution >= 4 is 12.1 Å². The van der Waals surface area contributed by atoms with Crippen LogP contribution in [0.25, 0.3) is 0 Å². The summed E-state index contributed by atoms with van der Waals surface area (Å²) in [6, 6.07) is 17.6. The highest BCUT2D eigenvalue weighted by molar-refractivity contribution is 5.97. The van der Waals surface area contributed by atoms with Crippen molar-refractivity contribution in [2.45, 2.75) is 5.66 Å². The number of hydrogen-bond donors (Lipinski definition) is 3. The normalized spacial score (nSPS) is 16.8. The van der Waals surface area contributed by atoms with Crippen LogP contribution >= 0.6 is 0 Å². The number of imide groups is 1. The van der Waals surface area contributed by atoms with Gasteiger partial charge in [-0.2, -0.15) is 0 Å². The Hall–Kier alpha value is -2.82. The summed E-state index contributed by atoms with van der Waals surface area (Å²) in [6.07, 6.45) is 0. The molecule has 0 atom stereocenters. The first-order valence-corrected chi connectivity index (χ1v) is 6.23. The number of carbonyl (C=O) groups excluding carboxylic acids is 2. The molecule has 2 aromatic rings. The molecule has 0 saturated carbocycles. The summed E-state index contributed by atoms with van der Waals surface area (Å²) in [5.41, 5.74) is 0.519. The van der Waals surface area contributed by atoms with Crippen molar-refractivity contribution in [2.24, 2.45) is 0 Å². The van der Waals surface area contributed by atoms with E-state index in [2.05, 4.69) is 16.0 Å². The molecule has 5 heteroatoms. The topological polar surface area (TPSA) is 70.2 Å². The standard InChI is InChI=1S/C15H13N3O2/c19-13-16-14(20)18-15(17-13,11-7-3-1-4-8-11)12-9-5-2-6-10-12/h1-10H,(H3,16,17,18,19,20). The van der Waals surface area contributed by atoms with Crippen LogP contribution in [0.2, 0.25) is 0 Å². The van der Waals surface area contributed by atoms with Crippen LogP contribution in [0.1, 0.15) is 11.1 Å². The first-order valence-electron chi connectivity index (χ1n) is 6.23. The minimum absolute atomic E-state index is 0.526. The van der Waals surface area contributed by atoms with Gasteiger partial charge in [-0.05, 0) is 0 Å². The van der Waals surface area contributed by atoms with Gasteiger partial charge in [0, 0.05) is 11.1 Å². The van der Waals surface area contributed by atoms with Crippen LogP contribution in [0, 0.1) is 0 Å². The van der Waals surface area contributed by atoms with Crippen LogP contribution in [-0.4, -0.2) is 12.1 Å². The number of benzene rings is 2. The highest BCUT2D eigenvalue weighted by atomic mass is 16.2. The number of hydrogen-bond acceptors (Lipinski definition) is 2. The maximum Gasteiger partial charge on any atom is 0.325 e. The minimum atomic E-state index is -1.05. The van der Waals surface area contributed by atoms with E-state index in [0.29, 0.717) is 0 Å². The van der Waals surface area contributed by atoms with Gasteiger partial charge in [0.05, 0.1) is 0 Å². The van der Waals surface area contributed by atoms with E-state index < -0.39 is 17.7 Å². The molecule has 3 N–H and O–H groups in total. The summed E-state index contributed by atoms with van der Waals surface area (Å²) in [5, 5.41) is 7.80. The van der Waals surface area contributed by atoms with E-state index >= 15 is 0 Å². The molecule has 3 rings (SSSR count). The van der Waals surface area contributed by atoms with E-state index in [-0.39, 0.29) is 0 Å². The number of rotatable bonds is 2. The predicted octanol–water partition coefficient (Wildman–Crippen LogP) is 1.91. The first-order chi connectivity index (χ1) is 9.71. The Morgan fingerprint density at radius 3 is 1.45 bits per heavy atom. The lowest BCUT2D eigenvalue weighted by Crippen LogP contribution is -2.68. The average Bonchev–Trinajstić information content (AvgIpc) is 2.48. The van der Waals surface area contributed by atoms with Crippen molar-refractivity contribution in [1.82, 2.24) is 16.0 Å². The molecular weight excluding hydrogens is 254 g/mol. The lowest BCUT2D eigenvalue weighted by molar-refractivity contribution is 0.194. The second kappa shape index (κ2) is 4.70. The van der Waals surface area contributed by atoms with E-state index in [9.17, 15) is 9.59 Å². The van der Waals surface area contributed by atoms with Crippen molar-refractivity contribution < 1.29 is 9.59 Å². The van der Waals surface area contributed by atoms with E-state index in [1.165, 1.54) is 0 Å². The van der Waals surface area contributed by atoms with Gasteiger partial charge in [-0.15, -0.1) is 0 Å². The van der Waals surface area contributed by atoms with Gasteiger partial charge in [0.25, 0.3) is 0 Å². The fourth-order valence-corrected chi connectivity index (χ4v) is 2.37. The average molecular weight is 267 g/mol. The third kappa shape index (κ3) is 1.99. The van der Waals surface area contributed by atoms with Crippen LogP contribution in [-0.2, 0) is 5.66 Å². The summed E-state index contributed by atoms with van der Waals surface area (Å²) in [5.74, 6) is 0. The third-order valence-electron chi connectivity index (χ3n) is 3.24. The fourth-order valence-electron chi connectivity index (χ4n) is 2.37. The summed E-state index contributed by atoms with van der Waals surface area (Å²) in [7, 11) is 0. The SMILES string of the molecule is O=C1NC(=O)NC(c2ccccc2)(c2ccccc2)N1. The molecule has 1 aliphatic heterocycles. The van der Waals surface area contributed by atoms with Gasteiger partial charge in [0.2, 0.25) is 0 Å². The molecule has 20 heavy (non-hydrogen) atoms. The van der Waals surface area contributed by atoms with Crippen LogP contribution in [0.15, 0.2) is 60.7 Å². The van der Waals surface area contributed by atoms with Gasteiger partial charge in [-0.25, -0.2) is 9.59 Å². The van der Waals surface area contributed by atoms with E-state index in [4.69, 9.17) is 0 Å². The summed E-state index contributed by atoms with van der Waals surface area (Å²) >= 11 is 0. The first kappa shape index (κ1) is 12.2. The largest absolute Gasteiger partial charge is 0.325 e. The molecule has 1 saturated heterocycles. The maximum atomic E-state index is 11.8. The van der Waals surface area contributed by atoms with Crippen molar-refractivity contribution in [1.29, 1.82) is 0 Å². The molecule has 0 bridgehead atoms. The Bertz CT molecular complexity index is 583. The van der Waals surface area contributed by atoms with E-state index in [0.717, 1.165) is 11.1 Å². The van der Waals surface area contributed by atoms with Gasteiger partial charge >= 0.3 is 12.1 Å². The molecule has 0 aromatic heterocycles. The molecule has 2 aromatic carbocycles. The zero-order valence-electron chi connectivity index (χ0n) is 10.6. The quantitative estimate of drug-likeness (QED) is 0.778. The maximum absolute atomic E-state index is 11.8. The number of urea groups is 2. The number of nitrogens with one attached hydrogen (secondary N) is 3. The van der Waals surface area contributed by atoms with Gasteiger partial charge in [-0.3, -0.25) is 5.32 Å². The molecule has 0 radical (unpaired) electrons. The van der Waals surface area contributed by atoms with Crippen LogP contribution < -0.4 is 16.0 Å². The predicted molar refractivity (Wildman–Crippen MR) is 73.9 cm³/mol. The van der Waals surface area contributed by atoms with Crippen molar-refractivity contribution in [3.8, 4) is 0 Å². The smallest absolute Gasteiger partial charge is 0.307 e. The second-order valence-corrected chi connectivity index (χ2v) is 4.52. The lowest BCUT2D eigenvalue weighted by Gasteiger charge is -2.39. The van der Waals surface area contributed by atoms with Gasteiger partial charge < -0.3 is 10.6 Å². The Morgan fingerprint density at radius 1 is 0.650 bits per heavy atom. The molecule has 0 aliphatic carbocycles. The molecule has 4 amide bonds. The van der Waals surface area contributed by atoms with Crippen LogP contribution in [0.5, 0.6) is 0 Å². The van der Waals surface area contributed by atoms with Crippen molar-refractivity contribution in [3.63, 3.8) is 0 Å². The second-order valence-electron chi connectivity index (χ2n) is 4.52. The summed E-state index contributed by atoms with van der Waals surface area (Å²) in [6.45, 7) is 0. The molecule has 1 aliphatic rings. The molecule has 0 spiro atoms. The molecule has 5 nitrogen and oxygen atoms in total. The Morgan fingerprint density at radius 2 is 1.05 bits per heavy atom. The van der Waals surface area contributed by atoms with Crippen LogP contribution in [0.4, 0.5) is 9.59 Å². The summed E-state index contributed by atoms with van der Waals surface area (Å²) in [4.78, 5) is 23.5. The lowest BCUT2D eigenvalue weighted by atomic mass is 9.90. The van der Waals surface area contributed by atoms with Crippen molar-refractivity contribution in [2.75, 3.05) is 0 Å².